The van der Waals surface area contributed by atoms with Gasteiger partial charge in [0.1, 0.15) is 11.0 Å². The van der Waals surface area contributed by atoms with Gasteiger partial charge in [-0.1, -0.05) is 0 Å². The van der Waals surface area contributed by atoms with Gasteiger partial charge in [-0.15, -0.1) is 0 Å². The van der Waals surface area contributed by atoms with Crippen molar-refractivity contribution in [3.05, 3.63) is 28.0 Å². The Morgan fingerprint density at radius 2 is 2.26 bits per heavy atom. The van der Waals surface area contributed by atoms with Gasteiger partial charge in [-0.05, 0) is 24.5 Å². The van der Waals surface area contributed by atoms with Crippen molar-refractivity contribution in [2.75, 3.05) is 12.0 Å². The first-order valence-corrected chi connectivity index (χ1v) is 6.62. The summed E-state index contributed by atoms with van der Waals surface area (Å²) in [6.07, 6.45) is 2.07. The van der Waals surface area contributed by atoms with Crippen molar-refractivity contribution in [1.29, 1.82) is 0 Å². The highest BCUT2D eigenvalue weighted by Gasteiger charge is 2.23. The third-order valence-corrected chi connectivity index (χ3v) is 2.85. The zero-order chi connectivity index (χ0) is 14.4. The molecule has 2 N–H and O–H groups in total. The fourth-order valence-corrected chi connectivity index (χ4v) is 1.74. The Morgan fingerprint density at radius 1 is 1.58 bits per heavy atom. The molecule has 0 saturated heterocycles. The number of hydrogen-bond acceptors (Lipinski definition) is 6. The van der Waals surface area contributed by atoms with Crippen LogP contribution in [0.4, 0.5) is 5.88 Å². The summed E-state index contributed by atoms with van der Waals surface area (Å²) < 4.78 is 4.68. The molecule has 0 unspecified atom stereocenters. The molecular weight excluding hydrogens is 276 g/mol. The molecule has 0 aromatic carbocycles. The van der Waals surface area contributed by atoms with Gasteiger partial charge in [0.25, 0.3) is 5.91 Å². The zero-order valence-corrected chi connectivity index (χ0v) is 10.8. The predicted molar refractivity (Wildman–Crippen MR) is 67.3 cm³/mol. The van der Waals surface area contributed by atoms with Crippen LogP contribution in [0.5, 0.6) is 0 Å². The highest BCUT2D eigenvalue weighted by molar-refractivity contribution is 7.98. The molecule has 0 aliphatic carbocycles. The van der Waals surface area contributed by atoms with Gasteiger partial charge in [-0.3, -0.25) is 14.9 Å². The van der Waals surface area contributed by atoms with E-state index in [1.54, 1.807) is 0 Å². The minimum Gasteiger partial charge on any atom is -0.480 e. The molecule has 8 nitrogen and oxygen atoms in total. The van der Waals surface area contributed by atoms with Crippen LogP contribution in [-0.2, 0) is 4.79 Å². The Balaban J connectivity index is 2.70. The van der Waals surface area contributed by atoms with E-state index >= 15 is 0 Å². The van der Waals surface area contributed by atoms with E-state index in [4.69, 9.17) is 5.11 Å². The van der Waals surface area contributed by atoms with Crippen LogP contribution >= 0.6 is 11.8 Å². The molecule has 0 radical (unpaired) electrons. The second-order valence-corrected chi connectivity index (χ2v) is 4.53. The van der Waals surface area contributed by atoms with Crippen molar-refractivity contribution in [2.45, 2.75) is 12.5 Å². The average Bonchev–Trinajstić information content (AvgIpc) is 2.83. The number of amides is 1. The summed E-state index contributed by atoms with van der Waals surface area (Å²) in [6, 6.07) is 1.11. The van der Waals surface area contributed by atoms with Crippen LogP contribution in [0.3, 0.4) is 0 Å². The molecule has 19 heavy (non-hydrogen) atoms. The number of furan rings is 1. The van der Waals surface area contributed by atoms with Gasteiger partial charge in [0.15, 0.2) is 5.76 Å². The summed E-state index contributed by atoms with van der Waals surface area (Å²) in [6.45, 7) is 0. The van der Waals surface area contributed by atoms with Gasteiger partial charge in [-0.2, -0.15) is 11.8 Å². The van der Waals surface area contributed by atoms with Gasteiger partial charge < -0.3 is 14.8 Å². The molecule has 0 aliphatic rings. The lowest BCUT2D eigenvalue weighted by Gasteiger charge is -2.12. The smallest absolute Gasteiger partial charge is 0.433 e. The second-order valence-electron chi connectivity index (χ2n) is 3.54. The number of carbonyl (C=O) groups excluding carboxylic acids is 1. The Hall–Kier alpha value is -2.03. The normalized spacial score (nSPS) is 11.8. The van der Waals surface area contributed by atoms with Crippen LogP contribution in [0.2, 0.25) is 0 Å². The Kier molecular flexibility index (Phi) is 5.37. The molecule has 1 rings (SSSR count). The molecule has 104 valence electrons. The monoisotopic (exact) mass is 288 g/mol. The van der Waals surface area contributed by atoms with Crippen molar-refractivity contribution in [1.82, 2.24) is 5.32 Å². The molecule has 0 spiro atoms. The number of carbonyl (C=O) groups is 2. The van der Waals surface area contributed by atoms with Gasteiger partial charge >= 0.3 is 11.9 Å². The van der Waals surface area contributed by atoms with E-state index in [1.165, 1.54) is 11.8 Å². The number of rotatable bonds is 7. The lowest BCUT2D eigenvalue weighted by Crippen LogP contribution is -2.41. The summed E-state index contributed by atoms with van der Waals surface area (Å²) in [5, 5.41) is 21.6. The minimum atomic E-state index is -1.16. The zero-order valence-electron chi connectivity index (χ0n) is 9.99. The molecule has 9 heteroatoms. The fraction of sp³-hybridized carbons (Fsp3) is 0.400. The van der Waals surface area contributed by atoms with E-state index in [2.05, 4.69) is 9.73 Å². The van der Waals surface area contributed by atoms with Gasteiger partial charge in [0, 0.05) is 0 Å². The highest BCUT2D eigenvalue weighted by Crippen LogP contribution is 2.15. The summed E-state index contributed by atoms with van der Waals surface area (Å²) in [7, 11) is 0. The molecular formula is C10H12N2O6S. The molecule has 0 aliphatic heterocycles. The predicted octanol–water partition coefficient (Wildman–Crippen LogP) is 1.12. The van der Waals surface area contributed by atoms with Crippen LogP contribution in [0.15, 0.2) is 16.5 Å². The SMILES string of the molecule is CSCC[C@@H](NC(=O)c1ccc([N+](=O)[O-])o1)C(=O)O. The van der Waals surface area contributed by atoms with Crippen LogP contribution < -0.4 is 5.32 Å². The summed E-state index contributed by atoms with van der Waals surface area (Å²) in [4.78, 5) is 32.2. The summed E-state index contributed by atoms with van der Waals surface area (Å²) in [5.41, 5.74) is 0. The minimum absolute atomic E-state index is 0.255. The maximum Gasteiger partial charge on any atom is 0.433 e. The number of nitrogens with one attached hydrogen (secondary N) is 1. The van der Waals surface area contributed by atoms with E-state index in [9.17, 15) is 19.7 Å². The Bertz CT molecular complexity index is 486. The third-order valence-electron chi connectivity index (χ3n) is 2.21. The molecule has 1 aromatic heterocycles. The largest absolute Gasteiger partial charge is 0.480 e. The van der Waals surface area contributed by atoms with E-state index in [1.807, 2.05) is 6.26 Å². The number of thioether (sulfide) groups is 1. The van der Waals surface area contributed by atoms with Gasteiger partial charge in [0.2, 0.25) is 0 Å². The van der Waals surface area contributed by atoms with E-state index in [-0.39, 0.29) is 12.2 Å². The molecule has 0 bridgehead atoms. The van der Waals surface area contributed by atoms with Crippen molar-refractivity contribution in [3.63, 3.8) is 0 Å². The van der Waals surface area contributed by atoms with Gasteiger partial charge in [0.05, 0.1) is 6.07 Å². The molecule has 0 saturated carbocycles. The summed E-state index contributed by atoms with van der Waals surface area (Å²) in [5.74, 6) is -2.25. The number of nitro groups is 1. The first kappa shape index (κ1) is 15.0. The van der Waals surface area contributed by atoms with Crippen LogP contribution in [0.25, 0.3) is 0 Å². The van der Waals surface area contributed by atoms with E-state index in [0.717, 1.165) is 12.1 Å². The lowest BCUT2D eigenvalue weighted by atomic mass is 10.2. The maximum atomic E-state index is 11.7. The number of aliphatic carboxylic acids is 1. The number of hydrogen-bond donors (Lipinski definition) is 2. The maximum absolute atomic E-state index is 11.7. The Labute approximate surface area is 112 Å². The number of carboxylic acids is 1. The Morgan fingerprint density at radius 3 is 2.74 bits per heavy atom. The fourth-order valence-electron chi connectivity index (χ4n) is 1.27. The number of nitrogens with zero attached hydrogens (tertiary/aromatic N) is 1. The van der Waals surface area contributed by atoms with Gasteiger partial charge in [-0.25, -0.2) is 4.79 Å². The molecule has 0 fully saturated rings. The van der Waals surface area contributed by atoms with Crippen LogP contribution in [0.1, 0.15) is 17.0 Å². The third kappa shape index (κ3) is 4.28. The average molecular weight is 288 g/mol. The standard InChI is InChI=1S/C10H12N2O6S/c1-19-5-4-6(10(14)15)11-9(13)7-2-3-8(18-7)12(16)17/h2-3,6H,4-5H2,1H3,(H,11,13)(H,14,15)/t6-/m1/s1. The van der Waals surface area contributed by atoms with E-state index in [0.29, 0.717) is 5.75 Å². The molecule has 1 aromatic rings. The second kappa shape index (κ2) is 6.78. The van der Waals surface area contributed by atoms with Crippen LogP contribution in [0, 0.1) is 10.1 Å². The topological polar surface area (TPSA) is 123 Å². The quantitative estimate of drug-likeness (QED) is 0.569. The molecule has 1 heterocycles. The van der Waals surface area contributed by atoms with Crippen molar-refractivity contribution >= 4 is 29.5 Å². The first-order valence-electron chi connectivity index (χ1n) is 5.22. The summed E-state index contributed by atoms with van der Waals surface area (Å²) >= 11 is 1.45. The highest BCUT2D eigenvalue weighted by atomic mass is 32.2. The van der Waals surface area contributed by atoms with Crippen molar-refractivity contribution in [3.8, 4) is 0 Å². The molecule has 1 amide bonds. The van der Waals surface area contributed by atoms with Crippen molar-refractivity contribution in [2.24, 2.45) is 0 Å². The van der Waals surface area contributed by atoms with Crippen molar-refractivity contribution < 1.29 is 24.0 Å². The van der Waals surface area contributed by atoms with E-state index < -0.39 is 28.7 Å². The first-order chi connectivity index (χ1) is 8.95. The number of carboxylic acid groups (broad SMARTS) is 1. The molecule has 1 atom stereocenters. The van der Waals surface area contributed by atoms with Crippen LogP contribution in [-0.4, -0.2) is 40.0 Å². The lowest BCUT2D eigenvalue weighted by molar-refractivity contribution is -0.402.